The van der Waals surface area contributed by atoms with Crippen molar-refractivity contribution in [1.82, 2.24) is 0 Å². The van der Waals surface area contributed by atoms with Crippen LogP contribution in [0.1, 0.15) is 11.1 Å². The van der Waals surface area contributed by atoms with Gasteiger partial charge in [0.2, 0.25) is 0 Å². The van der Waals surface area contributed by atoms with Crippen LogP contribution in [-0.2, 0) is 16.7 Å². The van der Waals surface area contributed by atoms with Crippen LogP contribution in [0.15, 0.2) is 54.6 Å². The summed E-state index contributed by atoms with van der Waals surface area (Å²) in [5, 5.41) is 0. The summed E-state index contributed by atoms with van der Waals surface area (Å²) in [6, 6.07) is 17.2. The molecular formula is C20H28N2O3S+2. The van der Waals surface area contributed by atoms with Crippen molar-refractivity contribution in [2.24, 2.45) is 0 Å². The van der Waals surface area contributed by atoms with Crippen molar-refractivity contribution in [3.8, 4) is 5.75 Å². The van der Waals surface area contributed by atoms with E-state index in [-0.39, 0.29) is 5.75 Å². The van der Waals surface area contributed by atoms with E-state index in [4.69, 9.17) is 4.18 Å². The fraction of sp³-hybridized carbons (Fsp3) is 0.400. The highest BCUT2D eigenvalue weighted by atomic mass is 32.2. The number of piperazine rings is 1. The van der Waals surface area contributed by atoms with Crippen LogP contribution < -0.4 is 14.0 Å². The number of hydrogen-bond acceptors (Lipinski definition) is 3. The Morgan fingerprint density at radius 2 is 1.50 bits per heavy atom. The van der Waals surface area contributed by atoms with E-state index in [0.717, 1.165) is 32.7 Å². The molecule has 2 N–H and O–H groups in total. The molecule has 0 spiro atoms. The van der Waals surface area contributed by atoms with Gasteiger partial charge in [0.15, 0.2) is 0 Å². The summed E-state index contributed by atoms with van der Waals surface area (Å²) >= 11 is 0. The van der Waals surface area contributed by atoms with Crippen LogP contribution in [0.2, 0.25) is 0 Å². The van der Waals surface area contributed by atoms with Crippen LogP contribution >= 0.6 is 0 Å². The van der Waals surface area contributed by atoms with Gasteiger partial charge in [0, 0.05) is 5.56 Å². The molecule has 6 heteroatoms. The van der Waals surface area contributed by atoms with Crippen LogP contribution in [0.5, 0.6) is 5.75 Å². The van der Waals surface area contributed by atoms with Crippen molar-refractivity contribution < 1.29 is 22.4 Å². The molecular weight excluding hydrogens is 348 g/mol. The average Bonchev–Trinajstić information content (AvgIpc) is 2.64. The van der Waals surface area contributed by atoms with Crippen molar-refractivity contribution >= 4 is 10.1 Å². The standard InChI is InChI=1S/C20H26N2O3S/c1-18-7-5-6-8-19(18)17-22-13-11-21(12-14-22)15-16-26(23,24)25-20-9-3-2-4-10-20/h2-10H,11-17H2,1H3/p+2. The summed E-state index contributed by atoms with van der Waals surface area (Å²) in [5.74, 6) is 0.444. The maximum absolute atomic E-state index is 12.1. The van der Waals surface area contributed by atoms with Gasteiger partial charge >= 0.3 is 10.1 Å². The Balaban J connectivity index is 1.43. The van der Waals surface area contributed by atoms with E-state index < -0.39 is 10.1 Å². The Morgan fingerprint density at radius 3 is 2.19 bits per heavy atom. The third-order valence-corrected chi connectivity index (χ3v) is 6.19. The lowest BCUT2D eigenvalue weighted by atomic mass is 10.1. The Kier molecular flexibility index (Phi) is 6.29. The molecule has 0 radical (unpaired) electrons. The second kappa shape index (κ2) is 8.66. The smallest absolute Gasteiger partial charge is 0.314 e. The predicted octanol–water partition coefficient (Wildman–Crippen LogP) is -0.313. The van der Waals surface area contributed by atoms with Gasteiger partial charge in [-0.15, -0.1) is 0 Å². The molecule has 26 heavy (non-hydrogen) atoms. The number of rotatable bonds is 7. The van der Waals surface area contributed by atoms with Crippen molar-refractivity contribution in [3.05, 3.63) is 65.7 Å². The van der Waals surface area contributed by atoms with Gasteiger partial charge in [0.05, 0.1) is 6.54 Å². The Labute approximate surface area is 156 Å². The summed E-state index contributed by atoms with van der Waals surface area (Å²) in [5.41, 5.74) is 2.75. The third-order valence-electron chi connectivity index (χ3n) is 5.04. The van der Waals surface area contributed by atoms with E-state index >= 15 is 0 Å². The molecule has 3 rings (SSSR count). The van der Waals surface area contributed by atoms with Crippen LogP contribution in [0.3, 0.4) is 0 Å². The van der Waals surface area contributed by atoms with Crippen molar-refractivity contribution in [2.45, 2.75) is 13.5 Å². The van der Waals surface area contributed by atoms with Crippen molar-refractivity contribution in [1.29, 1.82) is 0 Å². The Morgan fingerprint density at radius 1 is 0.885 bits per heavy atom. The second-order valence-corrected chi connectivity index (χ2v) is 8.70. The van der Waals surface area contributed by atoms with Gasteiger partial charge in [-0.05, 0) is 24.6 Å². The van der Waals surface area contributed by atoms with E-state index in [1.54, 1.807) is 29.2 Å². The average molecular weight is 377 g/mol. The van der Waals surface area contributed by atoms with Gasteiger partial charge in [0.25, 0.3) is 0 Å². The first-order valence-corrected chi connectivity index (χ1v) is 10.8. The number of quaternary nitrogens is 2. The van der Waals surface area contributed by atoms with E-state index in [1.807, 2.05) is 6.07 Å². The Bertz CT molecular complexity index is 801. The molecule has 0 aromatic heterocycles. The minimum Gasteiger partial charge on any atom is -0.382 e. The molecule has 1 saturated heterocycles. The molecule has 2 aromatic carbocycles. The fourth-order valence-electron chi connectivity index (χ4n) is 3.40. The summed E-state index contributed by atoms with van der Waals surface area (Å²) in [6.07, 6.45) is 0. The van der Waals surface area contributed by atoms with Gasteiger partial charge in [-0.1, -0.05) is 42.5 Å². The largest absolute Gasteiger partial charge is 0.382 e. The Hall–Kier alpha value is -1.89. The maximum Gasteiger partial charge on any atom is 0.314 e. The molecule has 1 heterocycles. The molecule has 1 aliphatic heterocycles. The second-order valence-electron chi connectivity index (χ2n) is 7.01. The topological polar surface area (TPSA) is 52.2 Å². The third kappa shape index (κ3) is 5.56. The lowest BCUT2D eigenvalue weighted by Crippen LogP contribution is -3.27. The first-order chi connectivity index (χ1) is 12.5. The van der Waals surface area contributed by atoms with Gasteiger partial charge in [0.1, 0.15) is 44.2 Å². The number of para-hydroxylation sites is 1. The zero-order valence-electron chi connectivity index (χ0n) is 15.3. The normalized spacial score (nSPS) is 20.7. The summed E-state index contributed by atoms with van der Waals surface area (Å²) in [6.45, 7) is 7.96. The molecule has 0 bridgehead atoms. The van der Waals surface area contributed by atoms with Crippen LogP contribution in [0.25, 0.3) is 0 Å². The molecule has 140 valence electrons. The van der Waals surface area contributed by atoms with Crippen molar-refractivity contribution in [3.63, 3.8) is 0 Å². The molecule has 0 saturated carbocycles. The SMILES string of the molecule is Cc1ccccc1C[NH+]1CC[NH+](CCS(=O)(=O)Oc2ccccc2)CC1. The number of hydrogen-bond donors (Lipinski definition) is 2. The highest BCUT2D eigenvalue weighted by molar-refractivity contribution is 7.87. The van der Waals surface area contributed by atoms with Crippen LogP contribution in [-0.4, -0.2) is 46.9 Å². The van der Waals surface area contributed by atoms with Gasteiger partial charge in [-0.3, -0.25) is 0 Å². The number of benzene rings is 2. The highest BCUT2D eigenvalue weighted by Gasteiger charge is 2.25. The lowest BCUT2D eigenvalue weighted by molar-refractivity contribution is -1.02. The summed E-state index contributed by atoms with van der Waals surface area (Å²) in [7, 11) is -3.53. The van der Waals surface area contributed by atoms with E-state index in [0.29, 0.717) is 12.3 Å². The van der Waals surface area contributed by atoms with E-state index in [9.17, 15) is 8.42 Å². The van der Waals surface area contributed by atoms with Crippen LogP contribution in [0, 0.1) is 6.92 Å². The zero-order chi connectivity index (χ0) is 18.4. The molecule has 5 nitrogen and oxygen atoms in total. The number of aryl methyl sites for hydroxylation is 1. The van der Waals surface area contributed by atoms with E-state index in [1.165, 1.54) is 16.0 Å². The highest BCUT2D eigenvalue weighted by Crippen LogP contribution is 2.11. The molecule has 0 aliphatic carbocycles. The minimum absolute atomic E-state index is 0.0599. The molecule has 0 atom stereocenters. The van der Waals surface area contributed by atoms with Gasteiger partial charge < -0.3 is 14.0 Å². The number of nitrogens with one attached hydrogen (secondary N) is 2. The molecule has 2 aromatic rings. The first-order valence-electron chi connectivity index (χ1n) is 9.21. The summed E-state index contributed by atoms with van der Waals surface area (Å²) < 4.78 is 29.4. The molecule has 1 aliphatic rings. The van der Waals surface area contributed by atoms with Crippen LogP contribution in [0.4, 0.5) is 0 Å². The van der Waals surface area contributed by atoms with Gasteiger partial charge in [-0.2, -0.15) is 8.42 Å². The fourth-order valence-corrected chi connectivity index (χ4v) is 4.42. The quantitative estimate of drug-likeness (QED) is 0.652. The maximum atomic E-state index is 12.1. The zero-order valence-corrected chi connectivity index (χ0v) is 16.1. The summed E-state index contributed by atoms with van der Waals surface area (Å²) in [4.78, 5) is 2.92. The molecule has 0 unspecified atom stereocenters. The van der Waals surface area contributed by atoms with Crippen molar-refractivity contribution in [2.75, 3.05) is 38.5 Å². The lowest BCUT2D eigenvalue weighted by Gasteiger charge is -2.29. The molecule has 0 amide bonds. The van der Waals surface area contributed by atoms with E-state index in [2.05, 4.69) is 31.2 Å². The first kappa shape index (κ1) is 18.9. The monoisotopic (exact) mass is 376 g/mol. The predicted molar refractivity (Wildman–Crippen MR) is 102 cm³/mol. The minimum atomic E-state index is -3.53. The van der Waals surface area contributed by atoms with Gasteiger partial charge in [-0.25, -0.2) is 0 Å². The molecule has 1 fully saturated rings.